The summed E-state index contributed by atoms with van der Waals surface area (Å²) in [6.07, 6.45) is 2.44. The second kappa shape index (κ2) is 3.43. The average Bonchev–Trinajstić information content (AvgIpc) is 2.53. The number of hydrogen-bond acceptors (Lipinski definition) is 1. The predicted molar refractivity (Wildman–Crippen MR) is 55.5 cm³/mol. The first-order chi connectivity index (χ1) is 6.02. The molecule has 0 aromatic rings. The van der Waals surface area contributed by atoms with Crippen molar-refractivity contribution in [3.05, 3.63) is 0 Å². The van der Waals surface area contributed by atoms with Gasteiger partial charge in [-0.1, -0.05) is 34.6 Å². The van der Waals surface area contributed by atoms with Gasteiger partial charge in [0.1, 0.15) is 5.78 Å². The van der Waals surface area contributed by atoms with Gasteiger partial charge in [-0.15, -0.1) is 0 Å². The van der Waals surface area contributed by atoms with E-state index in [4.69, 9.17) is 0 Å². The van der Waals surface area contributed by atoms with Crippen molar-refractivity contribution >= 4 is 5.78 Å². The van der Waals surface area contributed by atoms with Gasteiger partial charge in [-0.3, -0.25) is 4.79 Å². The molecule has 2 aliphatic rings. The van der Waals surface area contributed by atoms with Gasteiger partial charge in [0.05, 0.1) is 0 Å². The summed E-state index contributed by atoms with van der Waals surface area (Å²) in [6.45, 7) is 10.6. The topological polar surface area (TPSA) is 17.1 Å². The third kappa shape index (κ3) is 1.53. The van der Waals surface area contributed by atoms with E-state index < -0.39 is 0 Å². The van der Waals surface area contributed by atoms with Crippen LogP contribution in [0.4, 0.5) is 0 Å². The van der Waals surface area contributed by atoms with Crippen molar-refractivity contribution in [2.75, 3.05) is 0 Å². The fourth-order valence-corrected chi connectivity index (χ4v) is 2.95. The zero-order valence-corrected chi connectivity index (χ0v) is 9.55. The summed E-state index contributed by atoms with van der Waals surface area (Å²) >= 11 is 0. The highest BCUT2D eigenvalue weighted by Gasteiger charge is 2.53. The van der Waals surface area contributed by atoms with Crippen molar-refractivity contribution < 1.29 is 4.79 Å². The molecule has 13 heavy (non-hydrogen) atoms. The number of fused-ring (bicyclic) bond motifs is 2. The number of hydrogen-bond donors (Lipinski definition) is 0. The van der Waals surface area contributed by atoms with E-state index >= 15 is 0 Å². The second-order valence-electron chi connectivity index (χ2n) is 4.93. The summed E-state index contributed by atoms with van der Waals surface area (Å²) in [5.74, 6) is 2.00. The first-order valence-electron chi connectivity index (χ1n) is 5.56. The van der Waals surface area contributed by atoms with Crippen molar-refractivity contribution in [3.8, 4) is 0 Å². The molecule has 0 spiro atoms. The highest BCUT2D eigenvalue weighted by atomic mass is 16.1. The molecule has 2 fully saturated rings. The van der Waals surface area contributed by atoms with E-state index in [9.17, 15) is 4.79 Å². The van der Waals surface area contributed by atoms with E-state index in [-0.39, 0.29) is 0 Å². The zero-order valence-electron chi connectivity index (χ0n) is 9.55. The fraction of sp³-hybridized carbons (Fsp3) is 0.917. The van der Waals surface area contributed by atoms with Crippen molar-refractivity contribution in [2.24, 2.45) is 23.2 Å². The molecule has 3 unspecified atom stereocenters. The monoisotopic (exact) mass is 182 g/mol. The number of carbonyl (C=O) groups is 1. The maximum absolute atomic E-state index is 11.6. The lowest BCUT2D eigenvalue weighted by molar-refractivity contribution is -0.128. The van der Waals surface area contributed by atoms with Gasteiger partial charge in [0.15, 0.2) is 0 Å². The van der Waals surface area contributed by atoms with Gasteiger partial charge < -0.3 is 0 Å². The Balaban J connectivity index is 0.000000396. The molecule has 2 rings (SSSR count). The van der Waals surface area contributed by atoms with E-state index in [1.807, 2.05) is 13.8 Å². The molecule has 2 aliphatic carbocycles. The largest absolute Gasteiger partial charge is 0.299 e. The van der Waals surface area contributed by atoms with E-state index in [0.717, 1.165) is 0 Å². The Morgan fingerprint density at radius 2 is 1.85 bits per heavy atom. The molecule has 76 valence electrons. The third-order valence-corrected chi connectivity index (χ3v) is 3.77. The minimum atomic E-state index is 0.314. The van der Waals surface area contributed by atoms with Crippen LogP contribution in [0, 0.1) is 23.2 Å². The van der Waals surface area contributed by atoms with Crippen LogP contribution in [0.15, 0.2) is 0 Å². The minimum absolute atomic E-state index is 0.314. The molecule has 0 aliphatic heterocycles. The first kappa shape index (κ1) is 10.7. The van der Waals surface area contributed by atoms with Crippen LogP contribution in [0.25, 0.3) is 0 Å². The van der Waals surface area contributed by atoms with Crippen molar-refractivity contribution in [1.82, 2.24) is 0 Å². The molecule has 2 saturated carbocycles. The first-order valence-corrected chi connectivity index (χ1v) is 5.56. The van der Waals surface area contributed by atoms with Gasteiger partial charge in [0, 0.05) is 11.8 Å². The Morgan fingerprint density at radius 3 is 2.15 bits per heavy atom. The highest BCUT2D eigenvalue weighted by Crippen LogP contribution is 2.55. The molecule has 1 nitrogen and oxygen atoms in total. The van der Waals surface area contributed by atoms with Crippen LogP contribution in [-0.4, -0.2) is 5.78 Å². The smallest absolute Gasteiger partial charge is 0.139 e. The molecule has 0 heterocycles. The lowest BCUT2D eigenvalue weighted by Crippen LogP contribution is -2.32. The molecular weight excluding hydrogens is 160 g/mol. The number of ketones is 1. The number of rotatable bonds is 0. The lowest BCUT2D eigenvalue weighted by Gasteiger charge is -2.31. The van der Waals surface area contributed by atoms with E-state index in [1.165, 1.54) is 12.8 Å². The van der Waals surface area contributed by atoms with E-state index in [0.29, 0.717) is 29.0 Å². The Labute approximate surface area is 81.9 Å². The molecule has 2 bridgehead atoms. The van der Waals surface area contributed by atoms with E-state index in [1.54, 1.807) is 0 Å². The van der Waals surface area contributed by atoms with Gasteiger partial charge >= 0.3 is 0 Å². The quantitative estimate of drug-likeness (QED) is 0.562. The maximum atomic E-state index is 11.6. The Bertz CT molecular complexity index is 205. The van der Waals surface area contributed by atoms with Crippen molar-refractivity contribution in [3.63, 3.8) is 0 Å². The Kier molecular flexibility index (Phi) is 2.84. The van der Waals surface area contributed by atoms with E-state index in [2.05, 4.69) is 20.8 Å². The molecule has 0 aromatic heterocycles. The molecule has 3 atom stereocenters. The molecular formula is C12H22O. The summed E-state index contributed by atoms with van der Waals surface area (Å²) in [6, 6.07) is 0. The predicted octanol–water partition coefficient (Wildman–Crippen LogP) is 3.28. The molecule has 0 radical (unpaired) electrons. The van der Waals surface area contributed by atoms with Crippen LogP contribution >= 0.6 is 0 Å². The molecule has 1 heteroatoms. The normalized spacial score (nSPS) is 40.1. The Hall–Kier alpha value is -0.330. The van der Waals surface area contributed by atoms with Crippen LogP contribution in [0.1, 0.15) is 47.5 Å². The molecule has 0 saturated heterocycles. The minimum Gasteiger partial charge on any atom is -0.299 e. The summed E-state index contributed by atoms with van der Waals surface area (Å²) in [5.41, 5.74) is 0.314. The van der Waals surface area contributed by atoms with Crippen LogP contribution < -0.4 is 0 Å². The van der Waals surface area contributed by atoms with Crippen LogP contribution in [0.5, 0.6) is 0 Å². The molecule has 0 N–H and O–H groups in total. The van der Waals surface area contributed by atoms with Gasteiger partial charge in [-0.05, 0) is 24.2 Å². The summed E-state index contributed by atoms with van der Waals surface area (Å²) in [4.78, 5) is 11.6. The van der Waals surface area contributed by atoms with Crippen LogP contribution in [0.2, 0.25) is 0 Å². The third-order valence-electron chi connectivity index (χ3n) is 3.77. The fourth-order valence-electron chi connectivity index (χ4n) is 2.95. The number of carbonyl (C=O) groups excluding carboxylic acids is 1. The number of Topliss-reactive ketones (excluding diaryl/α,β-unsaturated/α-hetero) is 1. The molecule has 0 amide bonds. The molecule has 0 aromatic carbocycles. The van der Waals surface area contributed by atoms with Gasteiger partial charge in [-0.2, -0.15) is 0 Å². The zero-order chi connectivity index (χ0) is 10.2. The SMILES string of the molecule is CC.CC1C(=O)C2CC1CC2(C)C. The van der Waals surface area contributed by atoms with Crippen molar-refractivity contribution in [2.45, 2.75) is 47.5 Å². The standard InChI is InChI=1S/C10H16O.C2H6/c1-6-7-4-8(9(6)11)10(2,3)5-7;1-2/h6-8H,4-5H2,1-3H3;1-2H3. The second-order valence-corrected chi connectivity index (χ2v) is 4.93. The van der Waals surface area contributed by atoms with Gasteiger partial charge in [-0.25, -0.2) is 0 Å². The summed E-state index contributed by atoms with van der Waals surface area (Å²) in [7, 11) is 0. The summed E-state index contributed by atoms with van der Waals surface area (Å²) < 4.78 is 0. The van der Waals surface area contributed by atoms with Crippen LogP contribution in [-0.2, 0) is 4.79 Å². The van der Waals surface area contributed by atoms with Crippen LogP contribution in [0.3, 0.4) is 0 Å². The van der Waals surface area contributed by atoms with Crippen molar-refractivity contribution in [1.29, 1.82) is 0 Å². The highest BCUT2D eigenvalue weighted by molar-refractivity contribution is 5.87. The average molecular weight is 182 g/mol. The lowest BCUT2D eigenvalue weighted by atomic mass is 9.73. The summed E-state index contributed by atoms with van der Waals surface area (Å²) in [5, 5.41) is 0. The maximum Gasteiger partial charge on any atom is 0.139 e. The Morgan fingerprint density at radius 1 is 1.31 bits per heavy atom. The van der Waals surface area contributed by atoms with Gasteiger partial charge in [0.2, 0.25) is 0 Å². The van der Waals surface area contributed by atoms with Gasteiger partial charge in [0.25, 0.3) is 0 Å².